The van der Waals surface area contributed by atoms with E-state index in [0.717, 1.165) is 30.4 Å². The lowest BCUT2D eigenvalue weighted by molar-refractivity contribution is 0.0939. The smallest absolute Gasteiger partial charge is 0.255 e. The van der Waals surface area contributed by atoms with Gasteiger partial charge in [0.15, 0.2) is 0 Å². The molecule has 0 aromatic heterocycles. The number of hydrogen-bond donors (Lipinski definition) is 1. The number of carbonyl (C=O) groups excluding carboxylic acids is 1. The molecule has 0 radical (unpaired) electrons. The zero-order chi connectivity index (χ0) is 23.4. The second-order valence-corrected chi connectivity index (χ2v) is 10.6. The summed E-state index contributed by atoms with van der Waals surface area (Å²) in [6.07, 6.45) is 7.68. The van der Waals surface area contributed by atoms with E-state index in [0.29, 0.717) is 27.7 Å². The van der Waals surface area contributed by atoms with Crippen molar-refractivity contribution in [3.63, 3.8) is 0 Å². The van der Waals surface area contributed by atoms with Crippen LogP contribution in [-0.2, 0) is 0 Å². The molecular weight excluding hydrogens is 453 g/mol. The molecule has 2 heterocycles. The second-order valence-electron chi connectivity index (χ2n) is 9.71. The molecule has 33 heavy (non-hydrogen) atoms. The number of anilines is 2. The maximum Gasteiger partial charge on any atom is 0.255 e. The van der Waals surface area contributed by atoms with Gasteiger partial charge in [-0.2, -0.15) is 0 Å². The van der Waals surface area contributed by atoms with Crippen LogP contribution in [0.2, 0.25) is 10.0 Å². The van der Waals surface area contributed by atoms with Gasteiger partial charge in [-0.1, -0.05) is 35.7 Å². The maximum absolute atomic E-state index is 12.8. The van der Waals surface area contributed by atoms with Crippen molar-refractivity contribution >= 4 is 40.5 Å². The first kappa shape index (κ1) is 24.4. The Morgan fingerprint density at radius 1 is 0.970 bits per heavy atom. The van der Waals surface area contributed by atoms with Crippen LogP contribution in [0, 0.1) is 5.92 Å². The summed E-state index contributed by atoms with van der Waals surface area (Å²) < 4.78 is 0. The lowest BCUT2D eigenvalue weighted by Crippen LogP contribution is -2.45. The SMILES string of the molecule is CC1CCC[C@@H](C)N1CCC1CCN(c2ccc(Cl)cc2NC(=O)c2cccc(Cl)c2)CC1. The summed E-state index contributed by atoms with van der Waals surface area (Å²) in [7, 11) is 0. The molecule has 2 aromatic carbocycles. The second kappa shape index (κ2) is 11.1. The summed E-state index contributed by atoms with van der Waals surface area (Å²) in [5.74, 6) is 0.583. The van der Waals surface area contributed by atoms with Gasteiger partial charge in [0, 0.05) is 40.8 Å². The molecule has 2 saturated heterocycles. The molecule has 0 spiro atoms. The number of benzene rings is 2. The fourth-order valence-electron chi connectivity index (χ4n) is 5.42. The number of nitrogens with one attached hydrogen (secondary N) is 1. The van der Waals surface area contributed by atoms with Crippen molar-refractivity contribution in [2.75, 3.05) is 29.9 Å². The Hall–Kier alpha value is -1.75. The molecule has 0 bridgehead atoms. The van der Waals surface area contributed by atoms with E-state index in [9.17, 15) is 4.79 Å². The Balaban J connectivity index is 1.36. The number of hydrogen-bond acceptors (Lipinski definition) is 3. The number of carbonyl (C=O) groups is 1. The first-order chi connectivity index (χ1) is 15.9. The molecule has 0 aliphatic carbocycles. The maximum atomic E-state index is 12.8. The normalized spacial score (nSPS) is 22.4. The first-order valence-electron chi connectivity index (χ1n) is 12.3. The summed E-state index contributed by atoms with van der Waals surface area (Å²) >= 11 is 12.3. The van der Waals surface area contributed by atoms with Gasteiger partial charge in [-0.05, 0) is 94.8 Å². The minimum atomic E-state index is -0.180. The molecule has 4 rings (SSSR count). The quantitative estimate of drug-likeness (QED) is 0.471. The molecule has 2 aliphatic heterocycles. The average Bonchev–Trinajstić information content (AvgIpc) is 2.79. The minimum absolute atomic E-state index is 0.180. The van der Waals surface area contributed by atoms with Gasteiger partial charge in [0.25, 0.3) is 5.91 Å². The van der Waals surface area contributed by atoms with E-state index in [2.05, 4.69) is 29.0 Å². The standard InChI is InChI=1S/C27H35Cl2N3O/c1-19-5-3-6-20(2)32(19)16-13-21-11-14-31(15-12-21)26-10-9-24(29)18-25(26)30-27(33)22-7-4-8-23(28)17-22/h4,7-10,17-21H,3,5-6,11-16H2,1-2H3,(H,30,33)/t19-,20?/m1/s1. The summed E-state index contributed by atoms with van der Waals surface area (Å²) in [5.41, 5.74) is 2.32. The molecule has 2 aromatic rings. The molecule has 2 atom stereocenters. The highest BCUT2D eigenvalue weighted by Crippen LogP contribution is 2.34. The van der Waals surface area contributed by atoms with Gasteiger partial charge in [-0.25, -0.2) is 0 Å². The van der Waals surface area contributed by atoms with E-state index in [1.165, 1.54) is 45.1 Å². The number of piperidine rings is 2. The van der Waals surface area contributed by atoms with Crippen LogP contribution >= 0.6 is 23.2 Å². The van der Waals surface area contributed by atoms with E-state index in [1.54, 1.807) is 24.3 Å². The van der Waals surface area contributed by atoms with Crippen LogP contribution in [0.3, 0.4) is 0 Å². The molecule has 1 amide bonds. The van der Waals surface area contributed by atoms with E-state index in [4.69, 9.17) is 23.2 Å². The van der Waals surface area contributed by atoms with Crippen LogP contribution in [0.15, 0.2) is 42.5 Å². The highest BCUT2D eigenvalue weighted by Gasteiger charge is 2.27. The van der Waals surface area contributed by atoms with E-state index in [1.807, 2.05) is 18.2 Å². The van der Waals surface area contributed by atoms with Crippen molar-refractivity contribution in [1.29, 1.82) is 0 Å². The van der Waals surface area contributed by atoms with Crippen LogP contribution in [0.4, 0.5) is 11.4 Å². The molecule has 6 heteroatoms. The fourth-order valence-corrected chi connectivity index (χ4v) is 5.78. The largest absolute Gasteiger partial charge is 0.370 e. The van der Waals surface area contributed by atoms with E-state index >= 15 is 0 Å². The van der Waals surface area contributed by atoms with Gasteiger partial charge in [-0.3, -0.25) is 9.69 Å². The van der Waals surface area contributed by atoms with Crippen LogP contribution in [-0.4, -0.2) is 42.5 Å². The van der Waals surface area contributed by atoms with Gasteiger partial charge >= 0.3 is 0 Å². The van der Waals surface area contributed by atoms with E-state index < -0.39 is 0 Å². The van der Waals surface area contributed by atoms with Crippen LogP contribution < -0.4 is 10.2 Å². The lowest BCUT2D eigenvalue weighted by Gasteiger charge is -2.41. The third-order valence-electron chi connectivity index (χ3n) is 7.42. The molecule has 178 valence electrons. The zero-order valence-electron chi connectivity index (χ0n) is 19.7. The zero-order valence-corrected chi connectivity index (χ0v) is 21.2. The summed E-state index contributed by atoms with van der Waals surface area (Å²) in [6, 6.07) is 14.2. The van der Waals surface area contributed by atoms with Gasteiger partial charge in [0.1, 0.15) is 0 Å². The van der Waals surface area contributed by atoms with Crippen LogP contribution in [0.25, 0.3) is 0 Å². The highest BCUT2D eigenvalue weighted by atomic mass is 35.5. The highest BCUT2D eigenvalue weighted by molar-refractivity contribution is 6.31. The summed E-state index contributed by atoms with van der Waals surface area (Å²) in [4.78, 5) is 17.9. The van der Waals surface area contributed by atoms with Gasteiger partial charge in [0.05, 0.1) is 11.4 Å². The predicted octanol–water partition coefficient (Wildman–Crippen LogP) is 7.12. The number of likely N-dealkylation sites (tertiary alicyclic amines) is 1. The molecule has 2 aliphatic rings. The third kappa shape index (κ3) is 6.23. The number of rotatable bonds is 6. The third-order valence-corrected chi connectivity index (χ3v) is 7.89. The van der Waals surface area contributed by atoms with Crippen molar-refractivity contribution in [3.8, 4) is 0 Å². The Bertz CT molecular complexity index is 948. The molecular formula is C27H35Cl2N3O. The molecule has 4 nitrogen and oxygen atoms in total. The Morgan fingerprint density at radius 2 is 1.67 bits per heavy atom. The van der Waals surface area contributed by atoms with Crippen LogP contribution in [0.1, 0.15) is 62.7 Å². The minimum Gasteiger partial charge on any atom is -0.370 e. The first-order valence-corrected chi connectivity index (χ1v) is 13.0. The van der Waals surface area contributed by atoms with Gasteiger partial charge < -0.3 is 10.2 Å². The summed E-state index contributed by atoms with van der Waals surface area (Å²) in [6.45, 7) is 7.99. The fraction of sp³-hybridized carbons (Fsp3) is 0.519. The Kier molecular flexibility index (Phi) is 8.21. The topological polar surface area (TPSA) is 35.6 Å². The van der Waals surface area contributed by atoms with Gasteiger partial charge in [-0.15, -0.1) is 0 Å². The number of nitrogens with zero attached hydrogens (tertiary/aromatic N) is 2. The number of amides is 1. The Labute approximate surface area is 208 Å². The van der Waals surface area contributed by atoms with Crippen LogP contribution in [0.5, 0.6) is 0 Å². The van der Waals surface area contributed by atoms with E-state index in [-0.39, 0.29) is 5.91 Å². The summed E-state index contributed by atoms with van der Waals surface area (Å²) in [5, 5.41) is 4.21. The molecule has 0 saturated carbocycles. The van der Waals surface area contributed by atoms with Gasteiger partial charge in [0.2, 0.25) is 0 Å². The molecule has 2 fully saturated rings. The van der Waals surface area contributed by atoms with Crippen molar-refractivity contribution in [1.82, 2.24) is 4.90 Å². The van der Waals surface area contributed by atoms with Crippen molar-refractivity contribution in [2.45, 2.75) is 64.5 Å². The van der Waals surface area contributed by atoms with Crippen molar-refractivity contribution in [3.05, 3.63) is 58.1 Å². The van der Waals surface area contributed by atoms with Crippen molar-refractivity contribution in [2.24, 2.45) is 5.92 Å². The van der Waals surface area contributed by atoms with Crippen molar-refractivity contribution < 1.29 is 4.79 Å². The number of halogens is 2. The monoisotopic (exact) mass is 487 g/mol. The predicted molar refractivity (Wildman–Crippen MR) is 140 cm³/mol. The Morgan fingerprint density at radius 3 is 2.36 bits per heavy atom. The molecule has 1 unspecified atom stereocenters. The molecule has 1 N–H and O–H groups in total. The average molecular weight is 489 g/mol. The lowest BCUT2D eigenvalue weighted by atomic mass is 9.91.